The molecule has 0 aliphatic heterocycles. The number of rotatable bonds is 5. The highest BCUT2D eigenvalue weighted by Gasteiger charge is 2.14. The summed E-state index contributed by atoms with van der Waals surface area (Å²) in [5.74, 6) is 0.142. The predicted molar refractivity (Wildman–Crippen MR) is 83.1 cm³/mol. The molecule has 0 saturated heterocycles. The SMILES string of the molecule is Cc1cc(C)cc(OCC(=O)Nc2ccccc2[N+](=O)[O-])c1. The Labute approximate surface area is 127 Å². The minimum Gasteiger partial charge on any atom is -0.484 e. The van der Waals surface area contributed by atoms with E-state index in [4.69, 9.17) is 4.74 Å². The second-order valence-corrected chi connectivity index (χ2v) is 4.93. The van der Waals surface area contributed by atoms with Crippen LogP contribution in [-0.4, -0.2) is 17.4 Å². The summed E-state index contributed by atoms with van der Waals surface area (Å²) < 4.78 is 5.42. The minimum atomic E-state index is -0.541. The van der Waals surface area contributed by atoms with Gasteiger partial charge in [-0.25, -0.2) is 0 Å². The van der Waals surface area contributed by atoms with Crippen LogP contribution >= 0.6 is 0 Å². The standard InChI is InChI=1S/C16H16N2O4/c1-11-7-12(2)9-13(8-11)22-10-16(19)17-14-5-3-4-6-15(14)18(20)21/h3-9H,10H2,1-2H3,(H,17,19). The summed E-state index contributed by atoms with van der Waals surface area (Å²) in [7, 11) is 0. The fourth-order valence-electron chi connectivity index (χ4n) is 2.09. The second-order valence-electron chi connectivity index (χ2n) is 4.93. The van der Waals surface area contributed by atoms with E-state index in [9.17, 15) is 14.9 Å². The molecule has 6 heteroatoms. The molecule has 0 aromatic heterocycles. The van der Waals surface area contributed by atoms with Crippen molar-refractivity contribution >= 4 is 17.3 Å². The van der Waals surface area contributed by atoms with Gasteiger partial charge in [0.15, 0.2) is 6.61 Å². The topological polar surface area (TPSA) is 81.5 Å². The lowest BCUT2D eigenvalue weighted by atomic mass is 10.1. The molecule has 2 rings (SSSR count). The quantitative estimate of drug-likeness (QED) is 0.679. The molecule has 0 unspecified atom stereocenters. The van der Waals surface area contributed by atoms with Crippen molar-refractivity contribution in [1.29, 1.82) is 0 Å². The summed E-state index contributed by atoms with van der Waals surface area (Å²) in [6.07, 6.45) is 0. The van der Waals surface area contributed by atoms with Crippen molar-refractivity contribution in [1.82, 2.24) is 0 Å². The lowest BCUT2D eigenvalue weighted by molar-refractivity contribution is -0.383. The Hall–Kier alpha value is -2.89. The van der Waals surface area contributed by atoms with Crippen molar-refractivity contribution in [3.63, 3.8) is 0 Å². The molecule has 0 radical (unpaired) electrons. The molecule has 2 aromatic carbocycles. The van der Waals surface area contributed by atoms with Crippen LogP contribution in [0.25, 0.3) is 0 Å². The van der Waals surface area contributed by atoms with Crippen LogP contribution in [0.4, 0.5) is 11.4 Å². The van der Waals surface area contributed by atoms with Crippen LogP contribution in [0.1, 0.15) is 11.1 Å². The van der Waals surface area contributed by atoms with Crippen LogP contribution in [-0.2, 0) is 4.79 Å². The molecule has 0 aliphatic carbocycles. The van der Waals surface area contributed by atoms with E-state index in [2.05, 4.69) is 5.32 Å². The number of benzene rings is 2. The molecule has 22 heavy (non-hydrogen) atoms. The monoisotopic (exact) mass is 300 g/mol. The second kappa shape index (κ2) is 6.71. The van der Waals surface area contributed by atoms with Crippen molar-refractivity contribution in [2.45, 2.75) is 13.8 Å². The van der Waals surface area contributed by atoms with Gasteiger partial charge in [0.1, 0.15) is 11.4 Å². The predicted octanol–water partition coefficient (Wildman–Crippen LogP) is 3.23. The molecular formula is C16H16N2O4. The molecule has 0 bridgehead atoms. The van der Waals surface area contributed by atoms with Crippen LogP contribution in [0.5, 0.6) is 5.75 Å². The lowest BCUT2D eigenvalue weighted by Gasteiger charge is -2.09. The van der Waals surface area contributed by atoms with Crippen LogP contribution in [0, 0.1) is 24.0 Å². The molecular weight excluding hydrogens is 284 g/mol. The average molecular weight is 300 g/mol. The van der Waals surface area contributed by atoms with E-state index in [1.165, 1.54) is 12.1 Å². The van der Waals surface area contributed by atoms with Crippen LogP contribution in [0.15, 0.2) is 42.5 Å². The number of nitro groups is 1. The molecule has 0 aliphatic rings. The number of nitrogens with one attached hydrogen (secondary N) is 1. The van der Waals surface area contributed by atoms with Gasteiger partial charge in [-0.1, -0.05) is 18.2 Å². The molecule has 1 N–H and O–H groups in total. The van der Waals surface area contributed by atoms with Gasteiger partial charge in [-0.2, -0.15) is 0 Å². The maximum Gasteiger partial charge on any atom is 0.292 e. The summed E-state index contributed by atoms with van der Waals surface area (Å²) in [6, 6.07) is 11.6. The highest BCUT2D eigenvalue weighted by molar-refractivity contribution is 5.94. The van der Waals surface area contributed by atoms with Gasteiger partial charge >= 0.3 is 0 Å². The first-order valence-electron chi connectivity index (χ1n) is 6.70. The number of anilines is 1. The molecule has 0 heterocycles. The Balaban J connectivity index is 2.00. The van der Waals surface area contributed by atoms with Crippen LogP contribution in [0.3, 0.4) is 0 Å². The molecule has 0 atom stereocenters. The normalized spacial score (nSPS) is 10.1. The Morgan fingerprint density at radius 2 is 1.82 bits per heavy atom. The maximum atomic E-state index is 11.9. The van der Waals surface area contributed by atoms with Crippen molar-refractivity contribution in [3.05, 3.63) is 63.7 Å². The number of aryl methyl sites for hydroxylation is 2. The average Bonchev–Trinajstić information content (AvgIpc) is 2.44. The Bertz CT molecular complexity index is 693. The first-order valence-corrected chi connectivity index (χ1v) is 6.70. The molecule has 0 saturated carbocycles. The van der Waals surface area contributed by atoms with Gasteiger partial charge in [0, 0.05) is 6.07 Å². The van der Waals surface area contributed by atoms with E-state index >= 15 is 0 Å². The molecule has 0 fully saturated rings. The zero-order valence-electron chi connectivity index (χ0n) is 12.3. The number of carbonyl (C=O) groups excluding carboxylic acids is 1. The largest absolute Gasteiger partial charge is 0.484 e. The zero-order valence-corrected chi connectivity index (χ0v) is 12.3. The third-order valence-corrected chi connectivity index (χ3v) is 2.94. The van der Waals surface area contributed by atoms with Crippen molar-refractivity contribution in [2.24, 2.45) is 0 Å². The first kappa shape index (κ1) is 15.5. The molecule has 0 spiro atoms. The Morgan fingerprint density at radius 1 is 1.18 bits per heavy atom. The van der Waals surface area contributed by atoms with Gasteiger partial charge in [0.25, 0.3) is 11.6 Å². The smallest absolute Gasteiger partial charge is 0.292 e. The van der Waals surface area contributed by atoms with Crippen molar-refractivity contribution < 1.29 is 14.5 Å². The molecule has 1 amide bonds. The Kier molecular flexibility index (Phi) is 4.73. The number of hydrogen-bond donors (Lipinski definition) is 1. The fraction of sp³-hybridized carbons (Fsp3) is 0.188. The van der Waals surface area contributed by atoms with E-state index in [1.54, 1.807) is 12.1 Å². The van der Waals surface area contributed by atoms with Crippen molar-refractivity contribution in [2.75, 3.05) is 11.9 Å². The number of para-hydroxylation sites is 2. The highest BCUT2D eigenvalue weighted by Crippen LogP contribution is 2.23. The zero-order chi connectivity index (χ0) is 16.1. The first-order chi connectivity index (χ1) is 10.5. The van der Waals surface area contributed by atoms with Crippen LogP contribution in [0.2, 0.25) is 0 Å². The molecule has 2 aromatic rings. The fourth-order valence-corrected chi connectivity index (χ4v) is 2.09. The summed E-state index contributed by atoms with van der Waals surface area (Å²) in [4.78, 5) is 22.2. The summed E-state index contributed by atoms with van der Waals surface area (Å²) in [5.41, 5.74) is 2.08. The third kappa shape index (κ3) is 4.05. The van der Waals surface area contributed by atoms with E-state index in [0.717, 1.165) is 11.1 Å². The van der Waals surface area contributed by atoms with E-state index in [1.807, 2.05) is 32.0 Å². The number of ether oxygens (including phenoxy) is 1. The number of nitrogens with zero attached hydrogens (tertiary/aromatic N) is 1. The summed E-state index contributed by atoms with van der Waals surface area (Å²) in [6.45, 7) is 3.66. The number of nitro benzene ring substituents is 1. The third-order valence-electron chi connectivity index (χ3n) is 2.94. The van der Waals surface area contributed by atoms with E-state index in [0.29, 0.717) is 5.75 Å². The van der Waals surface area contributed by atoms with Gasteiger partial charge in [0.2, 0.25) is 0 Å². The van der Waals surface area contributed by atoms with Gasteiger partial charge < -0.3 is 10.1 Å². The van der Waals surface area contributed by atoms with Crippen molar-refractivity contribution in [3.8, 4) is 5.75 Å². The van der Waals surface area contributed by atoms with Gasteiger partial charge in [-0.05, 0) is 43.2 Å². The van der Waals surface area contributed by atoms with E-state index < -0.39 is 10.8 Å². The van der Waals surface area contributed by atoms with Crippen LogP contribution < -0.4 is 10.1 Å². The number of amides is 1. The lowest BCUT2D eigenvalue weighted by Crippen LogP contribution is -2.20. The highest BCUT2D eigenvalue weighted by atomic mass is 16.6. The molecule has 114 valence electrons. The molecule has 6 nitrogen and oxygen atoms in total. The minimum absolute atomic E-state index is 0.151. The summed E-state index contributed by atoms with van der Waals surface area (Å²) in [5, 5.41) is 13.4. The maximum absolute atomic E-state index is 11.9. The summed E-state index contributed by atoms with van der Waals surface area (Å²) >= 11 is 0. The van der Waals surface area contributed by atoms with E-state index in [-0.39, 0.29) is 18.0 Å². The number of carbonyl (C=O) groups is 1. The van der Waals surface area contributed by atoms with Gasteiger partial charge in [-0.15, -0.1) is 0 Å². The number of hydrogen-bond acceptors (Lipinski definition) is 4. The Morgan fingerprint density at radius 3 is 2.45 bits per heavy atom. The van der Waals surface area contributed by atoms with Gasteiger partial charge in [0.05, 0.1) is 4.92 Å². The van der Waals surface area contributed by atoms with Gasteiger partial charge in [-0.3, -0.25) is 14.9 Å².